The molecule has 168 valence electrons. The van der Waals surface area contributed by atoms with Crippen LogP contribution in [0.4, 0.5) is 5.95 Å². The Morgan fingerprint density at radius 3 is 2.62 bits per heavy atom. The first-order valence-corrected chi connectivity index (χ1v) is 10.3. The molecule has 1 aromatic carbocycles. The molecule has 2 aromatic heterocycles. The predicted molar refractivity (Wildman–Crippen MR) is 120 cm³/mol. The van der Waals surface area contributed by atoms with Crippen molar-refractivity contribution in [3.8, 4) is 22.9 Å². The zero-order chi connectivity index (χ0) is 22.9. The van der Waals surface area contributed by atoms with Crippen molar-refractivity contribution in [1.29, 1.82) is 0 Å². The molecular weight excluding hydrogens is 410 g/mol. The molecule has 9 heteroatoms. The minimum absolute atomic E-state index is 0.163. The third-order valence-electron chi connectivity index (χ3n) is 5.44. The number of hydrogen-bond donors (Lipinski definition) is 0. The van der Waals surface area contributed by atoms with Crippen LogP contribution in [0.15, 0.2) is 47.7 Å². The molecule has 0 N–H and O–H groups in total. The fourth-order valence-corrected chi connectivity index (χ4v) is 3.97. The van der Waals surface area contributed by atoms with E-state index in [-0.39, 0.29) is 11.7 Å². The van der Waals surface area contributed by atoms with Crippen LogP contribution in [-0.2, 0) is 11.8 Å². The molecule has 1 aliphatic heterocycles. The fourth-order valence-electron chi connectivity index (χ4n) is 3.97. The highest BCUT2D eigenvalue weighted by Crippen LogP contribution is 2.38. The van der Waals surface area contributed by atoms with Gasteiger partial charge in [-0.15, -0.1) is 0 Å². The normalized spacial score (nSPS) is 17.8. The molecule has 0 radical (unpaired) electrons. The van der Waals surface area contributed by atoms with Crippen LogP contribution >= 0.6 is 0 Å². The molecule has 1 saturated heterocycles. The Morgan fingerprint density at radius 1 is 1.12 bits per heavy atom. The minimum Gasteiger partial charge on any atom is -0.497 e. The molecule has 1 fully saturated rings. The van der Waals surface area contributed by atoms with E-state index in [9.17, 15) is 4.79 Å². The largest absolute Gasteiger partial charge is 0.497 e. The summed E-state index contributed by atoms with van der Waals surface area (Å²) in [5.41, 5.74) is 1.31. The summed E-state index contributed by atoms with van der Waals surface area (Å²) in [6.45, 7) is 5.08. The number of rotatable bonds is 5. The first kappa shape index (κ1) is 21.8. The van der Waals surface area contributed by atoms with Crippen LogP contribution in [0.5, 0.6) is 11.5 Å². The lowest BCUT2D eigenvalue weighted by Crippen LogP contribution is -2.51. The van der Waals surface area contributed by atoms with Crippen molar-refractivity contribution in [3.05, 3.63) is 58.8 Å². The molecule has 32 heavy (non-hydrogen) atoms. The molecule has 0 aliphatic carbocycles. The molecule has 9 nitrogen and oxygen atoms in total. The van der Waals surface area contributed by atoms with E-state index in [4.69, 9.17) is 19.2 Å². The minimum atomic E-state index is -0.500. The second kappa shape index (κ2) is 8.58. The predicted octanol–water partition coefficient (Wildman–Crippen LogP) is 2.61. The lowest BCUT2D eigenvalue weighted by atomic mass is 10.0. The zero-order valence-electron chi connectivity index (χ0n) is 18.9. The highest BCUT2D eigenvalue weighted by Gasteiger charge is 2.37. The summed E-state index contributed by atoms with van der Waals surface area (Å²) >= 11 is 0. The van der Waals surface area contributed by atoms with Crippen LogP contribution in [0, 0.1) is 0 Å². The fraction of sp³-hybridized carbons (Fsp3) is 0.391. The molecule has 4 rings (SSSR count). The summed E-state index contributed by atoms with van der Waals surface area (Å²) < 4.78 is 19.0. The third kappa shape index (κ3) is 4.29. The number of hydrogen-bond acceptors (Lipinski definition) is 8. The van der Waals surface area contributed by atoms with Gasteiger partial charge in [-0.05, 0) is 38.1 Å². The quantitative estimate of drug-likeness (QED) is 0.602. The SMILES string of the molecule is COc1ccc(OC)c(C2CN(c3nc(-c4ccncn4)cc(=O)n3C)CC(C)(C)O2)c1. The van der Waals surface area contributed by atoms with Gasteiger partial charge >= 0.3 is 0 Å². The van der Waals surface area contributed by atoms with Gasteiger partial charge in [0, 0.05) is 31.4 Å². The Kier molecular flexibility index (Phi) is 5.84. The summed E-state index contributed by atoms with van der Waals surface area (Å²) in [4.78, 5) is 27.8. The van der Waals surface area contributed by atoms with Crippen molar-refractivity contribution in [3.63, 3.8) is 0 Å². The van der Waals surface area contributed by atoms with E-state index in [1.807, 2.05) is 32.0 Å². The molecule has 0 spiro atoms. The molecule has 3 heterocycles. The van der Waals surface area contributed by atoms with Crippen molar-refractivity contribution >= 4 is 5.95 Å². The smallest absolute Gasteiger partial charge is 0.255 e. The number of benzene rings is 1. The number of aromatic nitrogens is 4. The number of methoxy groups -OCH3 is 2. The van der Waals surface area contributed by atoms with Gasteiger partial charge in [-0.3, -0.25) is 9.36 Å². The van der Waals surface area contributed by atoms with Gasteiger partial charge in [0.1, 0.15) is 23.9 Å². The second-order valence-corrected chi connectivity index (χ2v) is 8.29. The summed E-state index contributed by atoms with van der Waals surface area (Å²) in [6, 6.07) is 8.86. The molecule has 1 unspecified atom stereocenters. The Balaban J connectivity index is 1.77. The van der Waals surface area contributed by atoms with Gasteiger partial charge in [0.25, 0.3) is 5.56 Å². The maximum atomic E-state index is 12.8. The Bertz CT molecular complexity index is 1160. The molecular formula is C23H27N5O4. The van der Waals surface area contributed by atoms with Gasteiger partial charge in [0.2, 0.25) is 5.95 Å². The molecule has 0 saturated carbocycles. The van der Waals surface area contributed by atoms with E-state index < -0.39 is 5.60 Å². The van der Waals surface area contributed by atoms with E-state index in [1.54, 1.807) is 38.1 Å². The molecule has 0 amide bonds. The molecule has 3 aromatic rings. The lowest BCUT2D eigenvalue weighted by molar-refractivity contribution is -0.0867. The average Bonchev–Trinajstić information content (AvgIpc) is 2.79. The number of anilines is 1. The zero-order valence-corrected chi connectivity index (χ0v) is 18.9. The van der Waals surface area contributed by atoms with Crippen LogP contribution in [-0.4, -0.2) is 52.4 Å². The monoisotopic (exact) mass is 437 g/mol. The Labute approximate surface area is 186 Å². The van der Waals surface area contributed by atoms with Gasteiger partial charge < -0.3 is 19.1 Å². The van der Waals surface area contributed by atoms with E-state index in [0.717, 1.165) is 11.3 Å². The van der Waals surface area contributed by atoms with Gasteiger partial charge in [-0.2, -0.15) is 0 Å². The van der Waals surface area contributed by atoms with Crippen molar-refractivity contribution in [2.75, 3.05) is 32.2 Å². The Hall–Kier alpha value is -3.46. The lowest BCUT2D eigenvalue weighted by Gasteiger charge is -2.44. The van der Waals surface area contributed by atoms with Gasteiger partial charge in [-0.1, -0.05) is 0 Å². The molecule has 1 atom stereocenters. The van der Waals surface area contributed by atoms with Crippen molar-refractivity contribution in [2.45, 2.75) is 25.6 Å². The summed E-state index contributed by atoms with van der Waals surface area (Å²) in [5.74, 6) is 1.98. The first-order valence-electron chi connectivity index (χ1n) is 10.3. The standard InChI is InChI=1S/C23H27N5O4/c1-23(2)13-28(12-20(32-23)16-10-15(30-4)6-7-19(16)31-5)22-26-18(11-21(29)27(22)3)17-8-9-24-14-25-17/h6-11,14,20H,12-13H2,1-5H3. The van der Waals surface area contributed by atoms with Crippen molar-refractivity contribution < 1.29 is 14.2 Å². The summed E-state index contributed by atoms with van der Waals surface area (Å²) in [5, 5.41) is 0. The third-order valence-corrected chi connectivity index (χ3v) is 5.44. The second-order valence-electron chi connectivity index (χ2n) is 8.29. The van der Waals surface area contributed by atoms with Gasteiger partial charge in [-0.25, -0.2) is 15.0 Å². The van der Waals surface area contributed by atoms with Crippen LogP contribution in [0.25, 0.3) is 11.4 Å². The molecule has 0 bridgehead atoms. The number of nitrogens with zero attached hydrogens (tertiary/aromatic N) is 5. The van der Waals surface area contributed by atoms with E-state index in [0.29, 0.717) is 36.2 Å². The number of morpholine rings is 1. The maximum Gasteiger partial charge on any atom is 0.255 e. The average molecular weight is 438 g/mol. The summed E-state index contributed by atoms with van der Waals surface area (Å²) in [7, 11) is 4.98. The van der Waals surface area contributed by atoms with Crippen LogP contribution < -0.4 is 19.9 Å². The first-order chi connectivity index (χ1) is 15.3. The van der Waals surface area contributed by atoms with Crippen LogP contribution in [0.2, 0.25) is 0 Å². The highest BCUT2D eigenvalue weighted by atomic mass is 16.5. The number of ether oxygens (including phenoxy) is 3. The van der Waals surface area contributed by atoms with E-state index >= 15 is 0 Å². The van der Waals surface area contributed by atoms with E-state index in [2.05, 4.69) is 14.9 Å². The van der Waals surface area contributed by atoms with Crippen LogP contribution in [0.3, 0.4) is 0 Å². The Morgan fingerprint density at radius 2 is 1.94 bits per heavy atom. The van der Waals surface area contributed by atoms with Crippen LogP contribution in [0.1, 0.15) is 25.5 Å². The maximum absolute atomic E-state index is 12.8. The van der Waals surface area contributed by atoms with E-state index in [1.165, 1.54) is 12.4 Å². The summed E-state index contributed by atoms with van der Waals surface area (Å²) in [6.07, 6.45) is 2.75. The van der Waals surface area contributed by atoms with Gasteiger partial charge in [0.15, 0.2) is 0 Å². The van der Waals surface area contributed by atoms with Gasteiger partial charge in [0.05, 0.1) is 37.8 Å². The van der Waals surface area contributed by atoms with Crippen molar-refractivity contribution in [1.82, 2.24) is 19.5 Å². The van der Waals surface area contributed by atoms with Crippen molar-refractivity contribution in [2.24, 2.45) is 7.05 Å². The highest BCUT2D eigenvalue weighted by molar-refractivity contribution is 5.55. The topological polar surface area (TPSA) is 91.6 Å². The molecule has 1 aliphatic rings.